The largest absolute Gasteiger partial charge is 0.327 e. The van der Waals surface area contributed by atoms with Crippen LogP contribution in [0.3, 0.4) is 0 Å². The molecule has 1 aromatic rings. The van der Waals surface area contributed by atoms with Crippen LogP contribution in [0.15, 0.2) is 24.3 Å². The molecule has 16 heavy (non-hydrogen) atoms. The molecule has 2 N–H and O–H groups in total. The Bertz CT molecular complexity index is 314. The van der Waals surface area contributed by atoms with Gasteiger partial charge in [0.2, 0.25) is 0 Å². The summed E-state index contributed by atoms with van der Waals surface area (Å²) in [5.74, 6) is 0.757. The Balaban J connectivity index is 1.90. The highest BCUT2D eigenvalue weighted by molar-refractivity contribution is 14.1. The molecule has 1 saturated carbocycles. The topological polar surface area (TPSA) is 26.0 Å². The molecule has 0 radical (unpaired) electrons. The molecule has 1 aliphatic rings. The first-order valence-corrected chi connectivity index (χ1v) is 7.33. The lowest BCUT2D eigenvalue weighted by Gasteiger charge is -2.27. The maximum Gasteiger partial charge on any atom is 0.0130 e. The normalized spacial score (nSPS) is 19.6. The van der Waals surface area contributed by atoms with Crippen LogP contribution in [0.4, 0.5) is 0 Å². The van der Waals surface area contributed by atoms with Crippen molar-refractivity contribution in [2.45, 2.75) is 44.6 Å². The van der Waals surface area contributed by atoms with Crippen molar-refractivity contribution in [3.8, 4) is 0 Å². The molecule has 1 aromatic carbocycles. The van der Waals surface area contributed by atoms with Crippen molar-refractivity contribution in [1.29, 1.82) is 0 Å². The number of halogens is 1. The van der Waals surface area contributed by atoms with Crippen LogP contribution in [0.5, 0.6) is 0 Å². The van der Waals surface area contributed by atoms with E-state index in [-0.39, 0.29) is 0 Å². The maximum absolute atomic E-state index is 6.32. The molecular weight excluding hydrogens is 309 g/mol. The van der Waals surface area contributed by atoms with Gasteiger partial charge < -0.3 is 5.73 Å². The highest BCUT2D eigenvalue weighted by atomic mass is 127. The van der Waals surface area contributed by atoms with Crippen molar-refractivity contribution in [3.63, 3.8) is 0 Å². The number of rotatable bonds is 3. The number of hydrogen-bond acceptors (Lipinski definition) is 1. The molecule has 88 valence electrons. The predicted molar refractivity (Wildman–Crippen MR) is 77.4 cm³/mol. The van der Waals surface area contributed by atoms with E-state index in [9.17, 15) is 0 Å². The lowest BCUT2D eigenvalue weighted by atomic mass is 9.82. The highest BCUT2D eigenvalue weighted by Gasteiger charge is 2.20. The minimum atomic E-state index is 0.361. The zero-order valence-electron chi connectivity index (χ0n) is 9.66. The summed E-state index contributed by atoms with van der Waals surface area (Å²) in [5.41, 5.74) is 7.70. The zero-order valence-corrected chi connectivity index (χ0v) is 11.8. The Morgan fingerprint density at radius 2 is 1.75 bits per heavy atom. The summed E-state index contributed by atoms with van der Waals surface area (Å²) in [5, 5.41) is 0. The standard InChI is InChI=1S/C14H20IN/c15-13-8-6-11(7-9-13)10-14(16)12-4-2-1-3-5-12/h6-9,12,14H,1-5,10,16H2. The van der Waals surface area contributed by atoms with E-state index in [4.69, 9.17) is 5.73 Å². The number of benzene rings is 1. The Hall–Kier alpha value is -0.0900. The van der Waals surface area contributed by atoms with Gasteiger partial charge in [0.15, 0.2) is 0 Å². The Kier molecular flexibility index (Phi) is 4.65. The molecule has 0 aromatic heterocycles. The molecule has 0 bridgehead atoms. The van der Waals surface area contributed by atoms with Crippen LogP contribution in [-0.4, -0.2) is 6.04 Å². The second-order valence-electron chi connectivity index (χ2n) is 4.89. The summed E-state index contributed by atoms with van der Waals surface area (Å²) in [7, 11) is 0. The molecule has 0 saturated heterocycles. The van der Waals surface area contributed by atoms with Crippen molar-refractivity contribution in [1.82, 2.24) is 0 Å². The van der Waals surface area contributed by atoms with E-state index < -0.39 is 0 Å². The van der Waals surface area contributed by atoms with Gasteiger partial charge in [-0.05, 0) is 65.5 Å². The summed E-state index contributed by atoms with van der Waals surface area (Å²) < 4.78 is 1.30. The first kappa shape index (κ1) is 12.4. The average molecular weight is 329 g/mol. The van der Waals surface area contributed by atoms with Crippen molar-refractivity contribution in [3.05, 3.63) is 33.4 Å². The predicted octanol–water partition coefficient (Wildman–Crippen LogP) is 3.74. The van der Waals surface area contributed by atoms with Crippen LogP contribution in [0, 0.1) is 9.49 Å². The van der Waals surface area contributed by atoms with E-state index in [2.05, 4.69) is 46.9 Å². The molecule has 0 heterocycles. The molecule has 1 aliphatic carbocycles. The van der Waals surface area contributed by atoms with Crippen molar-refractivity contribution in [2.75, 3.05) is 0 Å². The Morgan fingerprint density at radius 1 is 1.12 bits per heavy atom. The maximum atomic E-state index is 6.32. The molecule has 1 nitrogen and oxygen atoms in total. The number of hydrogen-bond donors (Lipinski definition) is 1. The molecule has 2 heteroatoms. The van der Waals surface area contributed by atoms with E-state index in [1.807, 2.05) is 0 Å². The van der Waals surface area contributed by atoms with E-state index in [1.165, 1.54) is 41.2 Å². The van der Waals surface area contributed by atoms with Crippen LogP contribution in [0.1, 0.15) is 37.7 Å². The fraction of sp³-hybridized carbons (Fsp3) is 0.571. The van der Waals surface area contributed by atoms with Gasteiger partial charge in [-0.2, -0.15) is 0 Å². The highest BCUT2D eigenvalue weighted by Crippen LogP contribution is 2.27. The minimum absolute atomic E-state index is 0.361. The smallest absolute Gasteiger partial charge is 0.0130 e. The third-order valence-corrected chi connectivity index (χ3v) is 4.36. The molecule has 0 amide bonds. The monoisotopic (exact) mass is 329 g/mol. The Morgan fingerprint density at radius 3 is 2.38 bits per heavy atom. The first-order valence-electron chi connectivity index (χ1n) is 6.26. The zero-order chi connectivity index (χ0) is 11.4. The fourth-order valence-corrected chi connectivity index (χ4v) is 2.98. The van der Waals surface area contributed by atoms with E-state index >= 15 is 0 Å². The van der Waals surface area contributed by atoms with Crippen LogP contribution in [0.25, 0.3) is 0 Å². The van der Waals surface area contributed by atoms with Gasteiger partial charge in [0, 0.05) is 9.61 Å². The minimum Gasteiger partial charge on any atom is -0.327 e. The molecule has 1 fully saturated rings. The molecule has 1 atom stereocenters. The van der Waals surface area contributed by atoms with Gasteiger partial charge in [0.1, 0.15) is 0 Å². The van der Waals surface area contributed by atoms with Gasteiger partial charge in [-0.25, -0.2) is 0 Å². The molecule has 0 spiro atoms. The van der Waals surface area contributed by atoms with Crippen LogP contribution in [0.2, 0.25) is 0 Å². The lowest BCUT2D eigenvalue weighted by Crippen LogP contribution is -2.33. The SMILES string of the molecule is NC(Cc1ccc(I)cc1)C1CCCCC1. The van der Waals surface area contributed by atoms with Gasteiger partial charge in [0.05, 0.1) is 0 Å². The lowest BCUT2D eigenvalue weighted by molar-refractivity contribution is 0.303. The van der Waals surface area contributed by atoms with Crippen molar-refractivity contribution >= 4 is 22.6 Å². The fourth-order valence-electron chi connectivity index (χ4n) is 2.62. The van der Waals surface area contributed by atoms with E-state index in [0.29, 0.717) is 6.04 Å². The third kappa shape index (κ3) is 3.45. The van der Waals surface area contributed by atoms with E-state index in [0.717, 1.165) is 12.3 Å². The van der Waals surface area contributed by atoms with E-state index in [1.54, 1.807) is 0 Å². The number of nitrogens with two attached hydrogens (primary N) is 1. The molecular formula is C14H20IN. The summed E-state index contributed by atoms with van der Waals surface area (Å²) in [6.45, 7) is 0. The summed E-state index contributed by atoms with van der Waals surface area (Å²) in [4.78, 5) is 0. The quantitative estimate of drug-likeness (QED) is 0.840. The second kappa shape index (κ2) is 6.01. The molecule has 1 unspecified atom stereocenters. The van der Waals surface area contributed by atoms with Crippen molar-refractivity contribution in [2.24, 2.45) is 11.7 Å². The van der Waals surface area contributed by atoms with Crippen molar-refractivity contribution < 1.29 is 0 Å². The van der Waals surface area contributed by atoms with Crippen LogP contribution >= 0.6 is 22.6 Å². The summed E-state index contributed by atoms with van der Waals surface area (Å²) >= 11 is 2.34. The van der Waals surface area contributed by atoms with Gasteiger partial charge in [0.25, 0.3) is 0 Å². The van der Waals surface area contributed by atoms with Crippen LogP contribution in [-0.2, 0) is 6.42 Å². The van der Waals surface area contributed by atoms with Gasteiger partial charge in [-0.1, -0.05) is 31.4 Å². The van der Waals surface area contributed by atoms with Gasteiger partial charge in [-0.3, -0.25) is 0 Å². The van der Waals surface area contributed by atoms with Gasteiger partial charge >= 0.3 is 0 Å². The third-order valence-electron chi connectivity index (χ3n) is 3.64. The summed E-state index contributed by atoms with van der Waals surface area (Å²) in [6.07, 6.45) is 7.89. The Labute approximate surface area is 112 Å². The second-order valence-corrected chi connectivity index (χ2v) is 6.14. The first-order chi connectivity index (χ1) is 7.75. The van der Waals surface area contributed by atoms with Gasteiger partial charge in [-0.15, -0.1) is 0 Å². The molecule has 0 aliphatic heterocycles. The average Bonchev–Trinajstić information content (AvgIpc) is 2.33. The summed E-state index contributed by atoms with van der Waals surface area (Å²) in [6, 6.07) is 9.13. The molecule has 2 rings (SSSR count). The van der Waals surface area contributed by atoms with Crippen LogP contribution < -0.4 is 5.73 Å².